The van der Waals surface area contributed by atoms with Crippen molar-refractivity contribution in [2.75, 3.05) is 5.32 Å². The first-order valence-corrected chi connectivity index (χ1v) is 16.2. The number of anilines is 1. The molecule has 12 nitrogen and oxygen atoms in total. The van der Waals surface area contributed by atoms with E-state index in [1.165, 1.54) is 16.8 Å². The molecule has 0 saturated carbocycles. The third kappa shape index (κ3) is 9.84. The van der Waals surface area contributed by atoms with Crippen LogP contribution in [0, 0.1) is 5.92 Å². The second kappa shape index (κ2) is 17.2. The highest BCUT2D eigenvalue weighted by molar-refractivity contribution is 5.94. The van der Waals surface area contributed by atoms with E-state index in [0.717, 1.165) is 16.7 Å². The molecular weight excluding hydrogens is 628 g/mol. The van der Waals surface area contributed by atoms with E-state index in [2.05, 4.69) is 15.6 Å². The number of alkyl carbamates (subject to hydrolysis) is 1. The highest BCUT2D eigenvalue weighted by atomic mass is 16.6. The van der Waals surface area contributed by atoms with E-state index in [0.29, 0.717) is 13.0 Å². The van der Waals surface area contributed by atoms with Gasteiger partial charge in [-0.15, -0.1) is 0 Å². The van der Waals surface area contributed by atoms with Crippen LogP contribution in [-0.4, -0.2) is 45.8 Å². The highest BCUT2D eigenvalue weighted by Crippen LogP contribution is 2.37. The van der Waals surface area contributed by atoms with Gasteiger partial charge < -0.3 is 29.6 Å². The summed E-state index contributed by atoms with van der Waals surface area (Å²) in [6.45, 7) is 4.29. The van der Waals surface area contributed by atoms with Crippen molar-refractivity contribution >= 4 is 23.8 Å². The van der Waals surface area contributed by atoms with Gasteiger partial charge in [0, 0.05) is 12.1 Å². The van der Waals surface area contributed by atoms with Crippen LogP contribution >= 0.6 is 0 Å². The lowest BCUT2D eigenvalue weighted by molar-refractivity contribution is -0.148. The van der Waals surface area contributed by atoms with Crippen LogP contribution in [-0.2, 0) is 48.4 Å². The van der Waals surface area contributed by atoms with Gasteiger partial charge in [0.25, 0.3) is 0 Å². The zero-order valence-electron chi connectivity index (χ0n) is 27.4. The van der Waals surface area contributed by atoms with Gasteiger partial charge in [-0.3, -0.25) is 9.36 Å². The molecule has 256 valence electrons. The monoisotopic (exact) mass is 668 g/mol. The van der Waals surface area contributed by atoms with Crippen molar-refractivity contribution in [2.24, 2.45) is 5.92 Å². The van der Waals surface area contributed by atoms with Gasteiger partial charge in [0.2, 0.25) is 5.91 Å². The van der Waals surface area contributed by atoms with E-state index in [9.17, 15) is 19.2 Å². The predicted octanol–water partition coefficient (Wildman–Crippen LogP) is 5.14. The van der Waals surface area contributed by atoms with Gasteiger partial charge in [-0.1, -0.05) is 105 Å². The molecule has 49 heavy (non-hydrogen) atoms. The maximum Gasteiger partial charge on any atom is 0.408 e. The molecule has 4 aromatic rings. The second-order valence-electron chi connectivity index (χ2n) is 11.7. The van der Waals surface area contributed by atoms with Crippen molar-refractivity contribution in [2.45, 2.75) is 71.0 Å². The minimum absolute atomic E-state index is 0.0242. The first-order valence-electron chi connectivity index (χ1n) is 16.2. The SMILES string of the molecule is CC[C@H]1O[C@@H](n2ccc(NC(=O)C[C@@H](NC(=O)OCc3ccccc3)C(=O)OCc3ccccc3)nc2=O)[C@H](C)C1OCc1ccccc1. The minimum atomic E-state index is -1.38. The minimum Gasteiger partial charge on any atom is -0.459 e. The number of rotatable bonds is 14. The largest absolute Gasteiger partial charge is 0.459 e. The Hall–Kier alpha value is -5.33. The van der Waals surface area contributed by atoms with E-state index < -0.39 is 42.4 Å². The van der Waals surface area contributed by atoms with Crippen molar-refractivity contribution in [3.8, 4) is 0 Å². The Kier molecular flexibility index (Phi) is 12.3. The molecule has 12 heteroatoms. The summed E-state index contributed by atoms with van der Waals surface area (Å²) in [5, 5.41) is 4.97. The number of amides is 2. The fraction of sp³-hybridized carbons (Fsp3) is 0.324. The van der Waals surface area contributed by atoms with Crippen LogP contribution < -0.4 is 16.3 Å². The zero-order valence-corrected chi connectivity index (χ0v) is 27.4. The number of nitrogens with zero attached hydrogens (tertiary/aromatic N) is 2. The van der Waals surface area contributed by atoms with Crippen LogP contribution in [0.4, 0.5) is 10.6 Å². The summed E-state index contributed by atoms with van der Waals surface area (Å²) < 4.78 is 24.5. The molecule has 1 aliphatic rings. The summed E-state index contributed by atoms with van der Waals surface area (Å²) in [5.74, 6) is -1.70. The molecular formula is C37H40N4O8. The van der Waals surface area contributed by atoms with Crippen LogP contribution in [0.1, 0.15) is 49.6 Å². The summed E-state index contributed by atoms with van der Waals surface area (Å²) in [5.41, 5.74) is 1.89. The Bertz CT molecular complexity index is 1740. The van der Waals surface area contributed by atoms with E-state index in [4.69, 9.17) is 18.9 Å². The van der Waals surface area contributed by atoms with Crippen molar-refractivity contribution in [3.05, 3.63) is 130 Å². The van der Waals surface area contributed by atoms with Gasteiger partial charge in [-0.2, -0.15) is 4.98 Å². The lowest BCUT2D eigenvalue weighted by atomic mass is 10.00. The number of carbonyl (C=O) groups excluding carboxylic acids is 3. The van der Waals surface area contributed by atoms with Crippen LogP contribution in [0.5, 0.6) is 0 Å². The Morgan fingerprint density at radius 1 is 0.837 bits per heavy atom. The third-order valence-electron chi connectivity index (χ3n) is 8.11. The van der Waals surface area contributed by atoms with E-state index in [-0.39, 0.29) is 37.2 Å². The van der Waals surface area contributed by atoms with Crippen molar-refractivity contribution in [1.82, 2.24) is 14.9 Å². The summed E-state index contributed by atoms with van der Waals surface area (Å²) in [7, 11) is 0. The lowest BCUT2D eigenvalue weighted by Gasteiger charge is -2.21. The number of benzene rings is 3. The number of hydrogen-bond donors (Lipinski definition) is 2. The van der Waals surface area contributed by atoms with Crippen LogP contribution in [0.15, 0.2) is 108 Å². The van der Waals surface area contributed by atoms with Crippen molar-refractivity contribution in [3.63, 3.8) is 0 Å². The molecule has 1 unspecified atom stereocenters. The van der Waals surface area contributed by atoms with Gasteiger partial charge in [0.15, 0.2) is 0 Å². The molecule has 0 spiro atoms. The molecule has 1 saturated heterocycles. The Morgan fingerprint density at radius 3 is 1.98 bits per heavy atom. The van der Waals surface area contributed by atoms with Gasteiger partial charge in [0.05, 0.1) is 25.2 Å². The van der Waals surface area contributed by atoms with Gasteiger partial charge >= 0.3 is 17.8 Å². The molecule has 5 atom stereocenters. The van der Waals surface area contributed by atoms with E-state index >= 15 is 0 Å². The van der Waals surface area contributed by atoms with Crippen molar-refractivity contribution < 1.29 is 33.3 Å². The van der Waals surface area contributed by atoms with Gasteiger partial charge in [-0.05, 0) is 29.2 Å². The molecule has 0 aliphatic carbocycles. The average molecular weight is 669 g/mol. The molecule has 2 N–H and O–H groups in total. The fourth-order valence-electron chi connectivity index (χ4n) is 5.54. The molecule has 1 aliphatic heterocycles. The van der Waals surface area contributed by atoms with Crippen LogP contribution in [0.2, 0.25) is 0 Å². The zero-order chi connectivity index (χ0) is 34.6. The number of ether oxygens (including phenoxy) is 4. The normalized spacial score (nSPS) is 19.1. The third-order valence-corrected chi connectivity index (χ3v) is 8.11. The number of esters is 1. The molecule has 0 bridgehead atoms. The average Bonchev–Trinajstić information content (AvgIpc) is 3.44. The van der Waals surface area contributed by atoms with E-state index in [1.54, 1.807) is 48.5 Å². The summed E-state index contributed by atoms with van der Waals surface area (Å²) in [4.78, 5) is 55.9. The smallest absolute Gasteiger partial charge is 0.408 e. The highest BCUT2D eigenvalue weighted by Gasteiger charge is 2.43. The Balaban J connectivity index is 1.21. The Labute approximate surface area is 284 Å². The predicted molar refractivity (Wildman–Crippen MR) is 180 cm³/mol. The van der Waals surface area contributed by atoms with Crippen LogP contribution in [0.3, 0.4) is 0 Å². The van der Waals surface area contributed by atoms with Crippen LogP contribution in [0.25, 0.3) is 0 Å². The van der Waals surface area contributed by atoms with E-state index in [1.807, 2.05) is 56.3 Å². The number of carbonyl (C=O) groups is 3. The number of nitrogens with one attached hydrogen (secondary N) is 2. The Morgan fingerprint density at radius 2 is 1.41 bits per heavy atom. The standard InChI is InChI=1S/C37H40N4O8/c1-3-30-33(46-22-26-13-7-4-8-14-26)25(2)34(49-30)41-20-19-31(40-36(41)44)39-32(42)21-29(35(43)47-23-27-15-9-5-10-16-27)38-37(45)48-24-28-17-11-6-12-18-28/h4-20,25,29-30,33-34H,3,21-24H2,1-2H3,(H,38,45)(H,39,40,42,44)/t25-,29-,30-,33?,34-/m1/s1. The molecule has 2 amide bonds. The maximum absolute atomic E-state index is 13.2. The second-order valence-corrected chi connectivity index (χ2v) is 11.7. The van der Waals surface area contributed by atoms with Gasteiger partial charge in [-0.25, -0.2) is 14.4 Å². The summed E-state index contributed by atoms with van der Waals surface area (Å²) in [6.07, 6.45) is -0.290. The fourth-order valence-corrected chi connectivity index (χ4v) is 5.54. The summed E-state index contributed by atoms with van der Waals surface area (Å²) in [6, 6.07) is 27.9. The van der Waals surface area contributed by atoms with Crippen molar-refractivity contribution in [1.29, 1.82) is 0 Å². The van der Waals surface area contributed by atoms with Gasteiger partial charge in [0.1, 0.15) is 31.3 Å². The molecule has 1 aromatic heterocycles. The molecule has 5 rings (SSSR count). The topological polar surface area (TPSA) is 147 Å². The maximum atomic E-state index is 13.2. The first kappa shape index (κ1) is 35.0. The molecule has 0 radical (unpaired) electrons. The first-order chi connectivity index (χ1) is 23.8. The lowest BCUT2D eigenvalue weighted by Crippen LogP contribution is -2.44. The molecule has 2 heterocycles. The molecule has 3 aromatic carbocycles. The summed E-state index contributed by atoms with van der Waals surface area (Å²) >= 11 is 0. The molecule has 1 fully saturated rings. The number of aromatic nitrogens is 2. The quantitative estimate of drug-likeness (QED) is 0.174. The number of hydrogen-bond acceptors (Lipinski definition) is 9.